The molecule has 3 heterocycles. The standard InChI is InChI=1S/C34H38BrN3O8S/c1-6-43-26-15-21(11-12-24(26)46-19-29(39)37-13-9-10-14-37)16-28-32(40)38-31(22-17-27(44-7-2)25(42-5)18-23(22)35)30(33(41)45-8-3)20(4)36-34(38)47-28/h11-12,15-18,31H,6-10,13-14,19H2,1-5H3/b28-16+/t31-/m0/s1. The Kier molecular flexibility index (Phi) is 11.1. The lowest BCUT2D eigenvalue weighted by atomic mass is 9.95. The maximum Gasteiger partial charge on any atom is 0.338 e. The van der Waals surface area contributed by atoms with Crippen molar-refractivity contribution in [2.24, 2.45) is 4.99 Å². The van der Waals surface area contributed by atoms with Crippen LogP contribution in [0.15, 0.2) is 55.9 Å². The smallest absolute Gasteiger partial charge is 0.338 e. The largest absolute Gasteiger partial charge is 0.493 e. The minimum Gasteiger partial charge on any atom is -0.493 e. The number of ether oxygens (including phenoxy) is 5. The van der Waals surface area contributed by atoms with E-state index in [1.165, 1.54) is 15.9 Å². The Morgan fingerprint density at radius 3 is 2.34 bits per heavy atom. The molecule has 1 saturated heterocycles. The van der Waals surface area contributed by atoms with Gasteiger partial charge in [0.15, 0.2) is 34.4 Å². The summed E-state index contributed by atoms with van der Waals surface area (Å²) in [5.74, 6) is 1.27. The second-order valence-corrected chi connectivity index (χ2v) is 12.6. The third-order valence-electron chi connectivity index (χ3n) is 7.77. The Morgan fingerprint density at radius 1 is 0.979 bits per heavy atom. The van der Waals surface area contributed by atoms with Crippen molar-refractivity contribution < 1.29 is 33.3 Å². The van der Waals surface area contributed by atoms with Crippen LogP contribution >= 0.6 is 27.3 Å². The fraction of sp³-hybridized carbons (Fsp3) is 0.412. The quantitative estimate of drug-likeness (QED) is 0.253. The zero-order valence-electron chi connectivity index (χ0n) is 27.1. The van der Waals surface area contributed by atoms with Gasteiger partial charge in [-0.3, -0.25) is 14.2 Å². The fourth-order valence-corrected chi connectivity index (χ4v) is 7.21. The van der Waals surface area contributed by atoms with Gasteiger partial charge in [0.05, 0.1) is 48.8 Å². The number of methoxy groups -OCH3 is 1. The maximum absolute atomic E-state index is 14.2. The van der Waals surface area contributed by atoms with Gasteiger partial charge in [-0.1, -0.05) is 33.3 Å². The zero-order chi connectivity index (χ0) is 33.7. The lowest BCUT2D eigenvalue weighted by molar-refractivity contribution is -0.139. The van der Waals surface area contributed by atoms with Gasteiger partial charge in [0, 0.05) is 17.6 Å². The Labute approximate surface area is 285 Å². The second-order valence-electron chi connectivity index (χ2n) is 10.8. The van der Waals surface area contributed by atoms with E-state index in [4.69, 9.17) is 23.7 Å². The van der Waals surface area contributed by atoms with E-state index in [0.717, 1.165) is 25.9 Å². The summed E-state index contributed by atoms with van der Waals surface area (Å²) in [6.07, 6.45) is 3.76. The molecule has 1 fully saturated rings. The number of benzene rings is 2. The van der Waals surface area contributed by atoms with Gasteiger partial charge in [0.1, 0.15) is 0 Å². The number of hydrogen-bond acceptors (Lipinski definition) is 10. The van der Waals surface area contributed by atoms with Crippen LogP contribution in [0.4, 0.5) is 0 Å². The first-order chi connectivity index (χ1) is 22.7. The number of rotatable bonds is 12. The third-order valence-corrected chi connectivity index (χ3v) is 9.44. The van der Waals surface area contributed by atoms with Gasteiger partial charge in [-0.05, 0) is 82.0 Å². The molecule has 3 aromatic rings. The van der Waals surface area contributed by atoms with E-state index in [-0.39, 0.29) is 30.3 Å². The van der Waals surface area contributed by atoms with E-state index in [1.54, 1.807) is 62.3 Å². The SMILES string of the molecule is CCOC(=O)C1=C(C)N=c2s/c(=C/c3ccc(OCC(=O)N4CCCC4)c(OCC)c3)c(=O)n2[C@H]1c1cc(OCC)c(OC)cc1Br. The van der Waals surface area contributed by atoms with Gasteiger partial charge in [0.2, 0.25) is 0 Å². The van der Waals surface area contributed by atoms with Crippen LogP contribution in [0.3, 0.4) is 0 Å². The van der Waals surface area contributed by atoms with E-state index in [0.29, 0.717) is 66.8 Å². The minimum atomic E-state index is -0.852. The molecule has 11 nitrogen and oxygen atoms in total. The molecule has 13 heteroatoms. The number of carbonyl (C=O) groups excluding carboxylic acids is 2. The van der Waals surface area contributed by atoms with E-state index in [1.807, 2.05) is 13.8 Å². The summed E-state index contributed by atoms with van der Waals surface area (Å²) in [6.45, 7) is 9.56. The lowest BCUT2D eigenvalue weighted by Crippen LogP contribution is -2.40. The number of allylic oxidation sites excluding steroid dienone is 1. The molecule has 250 valence electrons. The normalized spacial score (nSPS) is 16.1. The van der Waals surface area contributed by atoms with Gasteiger partial charge < -0.3 is 28.6 Å². The van der Waals surface area contributed by atoms with E-state index in [2.05, 4.69) is 20.9 Å². The number of halogens is 1. The van der Waals surface area contributed by atoms with Crippen LogP contribution in [0, 0.1) is 0 Å². The highest BCUT2D eigenvalue weighted by atomic mass is 79.9. The molecule has 1 aromatic heterocycles. The van der Waals surface area contributed by atoms with Crippen molar-refractivity contribution in [3.05, 3.63) is 76.9 Å². The molecule has 2 aromatic carbocycles. The summed E-state index contributed by atoms with van der Waals surface area (Å²) >= 11 is 4.86. The molecular formula is C34H38BrN3O8S. The van der Waals surface area contributed by atoms with Crippen LogP contribution in [-0.2, 0) is 14.3 Å². The average molecular weight is 729 g/mol. The predicted molar refractivity (Wildman–Crippen MR) is 181 cm³/mol. The monoisotopic (exact) mass is 727 g/mol. The van der Waals surface area contributed by atoms with Crippen molar-refractivity contribution >= 4 is 45.2 Å². The number of esters is 1. The van der Waals surface area contributed by atoms with E-state index < -0.39 is 12.0 Å². The Balaban J connectivity index is 1.58. The summed E-state index contributed by atoms with van der Waals surface area (Å²) in [5.41, 5.74) is 1.68. The number of aromatic nitrogens is 1. The molecule has 5 rings (SSSR count). The average Bonchev–Trinajstić information content (AvgIpc) is 3.69. The van der Waals surface area contributed by atoms with Gasteiger partial charge in [-0.15, -0.1) is 0 Å². The van der Waals surface area contributed by atoms with Crippen molar-refractivity contribution in [3.8, 4) is 23.0 Å². The Bertz CT molecular complexity index is 1880. The molecule has 0 radical (unpaired) electrons. The van der Waals surface area contributed by atoms with Crippen LogP contribution in [0.25, 0.3) is 6.08 Å². The summed E-state index contributed by atoms with van der Waals surface area (Å²) in [6, 6.07) is 7.99. The zero-order valence-corrected chi connectivity index (χ0v) is 29.5. The fourth-order valence-electron chi connectivity index (χ4n) is 5.62. The number of likely N-dealkylation sites (tertiary alicyclic amines) is 1. The molecule has 1 amide bonds. The van der Waals surface area contributed by atoms with Crippen molar-refractivity contribution in [2.45, 2.75) is 46.6 Å². The number of carbonyl (C=O) groups is 2. The maximum atomic E-state index is 14.2. The number of fused-ring (bicyclic) bond motifs is 1. The lowest BCUT2D eigenvalue weighted by Gasteiger charge is -2.26. The van der Waals surface area contributed by atoms with Gasteiger partial charge >= 0.3 is 5.97 Å². The van der Waals surface area contributed by atoms with Crippen molar-refractivity contribution in [3.63, 3.8) is 0 Å². The van der Waals surface area contributed by atoms with Gasteiger partial charge in [-0.2, -0.15) is 0 Å². The van der Waals surface area contributed by atoms with Crippen molar-refractivity contribution in [1.29, 1.82) is 0 Å². The van der Waals surface area contributed by atoms with Gasteiger partial charge in [-0.25, -0.2) is 9.79 Å². The highest BCUT2D eigenvalue weighted by Gasteiger charge is 2.35. The Morgan fingerprint density at radius 2 is 1.68 bits per heavy atom. The third kappa shape index (κ3) is 7.25. The topological polar surface area (TPSA) is 118 Å². The molecule has 0 bridgehead atoms. The number of thiazole rings is 1. The minimum absolute atomic E-state index is 0.0564. The highest BCUT2D eigenvalue weighted by Crippen LogP contribution is 2.41. The first-order valence-corrected chi connectivity index (χ1v) is 17.2. The van der Waals surface area contributed by atoms with Crippen LogP contribution in [0.5, 0.6) is 23.0 Å². The number of hydrogen-bond donors (Lipinski definition) is 0. The molecule has 47 heavy (non-hydrogen) atoms. The van der Waals surface area contributed by atoms with Crippen LogP contribution < -0.4 is 33.8 Å². The molecule has 0 spiro atoms. The molecule has 2 aliphatic heterocycles. The molecule has 1 atom stereocenters. The molecule has 2 aliphatic rings. The van der Waals surface area contributed by atoms with E-state index >= 15 is 0 Å². The molecule has 0 unspecified atom stereocenters. The summed E-state index contributed by atoms with van der Waals surface area (Å²) in [5, 5.41) is 0. The molecule has 0 saturated carbocycles. The van der Waals surface area contributed by atoms with Crippen molar-refractivity contribution in [2.75, 3.05) is 46.6 Å². The molecule has 0 N–H and O–H groups in total. The van der Waals surface area contributed by atoms with Crippen molar-refractivity contribution in [1.82, 2.24) is 9.47 Å². The first-order valence-electron chi connectivity index (χ1n) is 15.6. The summed E-state index contributed by atoms with van der Waals surface area (Å²) in [7, 11) is 1.55. The number of nitrogens with zero attached hydrogens (tertiary/aromatic N) is 3. The van der Waals surface area contributed by atoms with Gasteiger partial charge in [0.25, 0.3) is 11.5 Å². The predicted octanol–water partition coefficient (Wildman–Crippen LogP) is 4.37. The Hall–Kier alpha value is -4.10. The highest BCUT2D eigenvalue weighted by molar-refractivity contribution is 9.10. The molecular weight excluding hydrogens is 690 g/mol. The van der Waals surface area contributed by atoms with Crippen LogP contribution in [0.1, 0.15) is 57.7 Å². The summed E-state index contributed by atoms with van der Waals surface area (Å²) in [4.78, 5) is 47.0. The van der Waals surface area contributed by atoms with Crippen LogP contribution in [0.2, 0.25) is 0 Å². The second kappa shape index (κ2) is 15.2. The van der Waals surface area contributed by atoms with E-state index in [9.17, 15) is 14.4 Å². The molecule has 0 aliphatic carbocycles. The first kappa shape index (κ1) is 34.2. The summed E-state index contributed by atoms with van der Waals surface area (Å²) < 4.78 is 31.1. The number of amides is 1. The van der Waals surface area contributed by atoms with Crippen LogP contribution in [-0.4, -0.2) is 68.0 Å².